The van der Waals surface area contributed by atoms with Crippen molar-refractivity contribution in [2.45, 2.75) is 13.8 Å². The molecule has 6 heteroatoms. The Labute approximate surface area is 189 Å². The summed E-state index contributed by atoms with van der Waals surface area (Å²) in [6, 6.07) is 24.5. The fourth-order valence-electron chi connectivity index (χ4n) is 2.86. The Kier molecular flexibility index (Phi) is 8.80. The average Bonchev–Trinajstić information content (AvgIpc) is 2.81. The van der Waals surface area contributed by atoms with Gasteiger partial charge in [-0.15, -0.1) is 0 Å². The molecule has 2 N–H and O–H groups in total. The molecular formula is C26H30N2O4. The molecule has 0 heterocycles. The molecule has 0 aromatic heterocycles. The average molecular weight is 435 g/mol. The maximum absolute atomic E-state index is 12.5. The van der Waals surface area contributed by atoms with Gasteiger partial charge in [0.05, 0.1) is 18.8 Å². The number of benzene rings is 3. The topological polar surface area (TPSA) is 68.8 Å². The third-order valence-corrected chi connectivity index (χ3v) is 4.38. The third kappa shape index (κ3) is 7.87. The van der Waals surface area contributed by atoms with Crippen LogP contribution in [0.25, 0.3) is 0 Å². The monoisotopic (exact) mass is 434 g/mol. The number of carbonyl (C=O) groups is 1. The highest BCUT2D eigenvalue weighted by atomic mass is 16.5. The van der Waals surface area contributed by atoms with Crippen molar-refractivity contribution >= 4 is 17.3 Å². The van der Waals surface area contributed by atoms with Crippen LogP contribution in [0.1, 0.15) is 13.8 Å². The highest BCUT2D eigenvalue weighted by molar-refractivity contribution is 5.95. The maximum atomic E-state index is 12.5. The van der Waals surface area contributed by atoms with E-state index in [4.69, 9.17) is 14.2 Å². The van der Waals surface area contributed by atoms with E-state index >= 15 is 0 Å². The molecule has 0 unspecified atom stereocenters. The molecule has 0 saturated carbocycles. The quantitative estimate of drug-likeness (QED) is 0.382. The maximum Gasteiger partial charge on any atom is 0.243 e. The first-order valence-corrected chi connectivity index (χ1v) is 10.8. The summed E-state index contributed by atoms with van der Waals surface area (Å²) in [6.45, 7) is 5.75. The van der Waals surface area contributed by atoms with Gasteiger partial charge in [-0.2, -0.15) is 0 Å². The van der Waals surface area contributed by atoms with Crippen LogP contribution in [0, 0.1) is 5.92 Å². The highest BCUT2D eigenvalue weighted by Crippen LogP contribution is 2.24. The molecular weight excluding hydrogens is 404 g/mol. The van der Waals surface area contributed by atoms with Crippen molar-refractivity contribution in [3.05, 3.63) is 78.9 Å². The molecule has 3 aromatic rings. The largest absolute Gasteiger partial charge is 0.493 e. The number of ether oxygens (including phenoxy) is 3. The molecule has 0 atom stereocenters. The van der Waals surface area contributed by atoms with Gasteiger partial charge in [-0.3, -0.25) is 4.79 Å². The Hall–Kier alpha value is -3.67. The molecule has 6 nitrogen and oxygen atoms in total. The molecule has 0 bridgehead atoms. The van der Waals surface area contributed by atoms with Crippen molar-refractivity contribution < 1.29 is 19.0 Å². The minimum atomic E-state index is -0.171. The van der Waals surface area contributed by atoms with Gasteiger partial charge in [-0.25, -0.2) is 0 Å². The number of carbonyl (C=O) groups excluding carboxylic acids is 1. The van der Waals surface area contributed by atoms with Crippen molar-refractivity contribution in [3.8, 4) is 17.2 Å². The minimum absolute atomic E-state index is 0.124. The van der Waals surface area contributed by atoms with Crippen molar-refractivity contribution in [2.75, 3.05) is 37.0 Å². The Bertz CT molecular complexity index is 976. The number of hydrogen-bond donors (Lipinski definition) is 2. The van der Waals surface area contributed by atoms with Crippen molar-refractivity contribution in [1.29, 1.82) is 0 Å². The first kappa shape index (κ1) is 23.0. The van der Waals surface area contributed by atoms with Crippen LogP contribution >= 0.6 is 0 Å². The molecule has 0 saturated heterocycles. The molecule has 0 aliphatic carbocycles. The summed E-state index contributed by atoms with van der Waals surface area (Å²) in [4.78, 5) is 12.5. The van der Waals surface area contributed by atoms with Gasteiger partial charge >= 0.3 is 0 Å². The lowest BCUT2D eigenvalue weighted by Gasteiger charge is -2.14. The standard InChI is InChI=1S/C26H30N2O4/c1-20(2)19-32-23-12-8-9-21(17-23)27-18-26(29)28-24-13-6-7-14-25(24)31-16-15-30-22-10-4-3-5-11-22/h3-14,17,20,27H,15-16,18-19H2,1-2H3,(H,28,29). The lowest BCUT2D eigenvalue weighted by atomic mass is 10.2. The summed E-state index contributed by atoms with van der Waals surface area (Å²) in [7, 11) is 0. The van der Waals surface area contributed by atoms with Gasteiger partial charge in [0.2, 0.25) is 5.91 Å². The summed E-state index contributed by atoms with van der Waals surface area (Å²) in [5, 5.41) is 6.03. The fraction of sp³-hybridized carbons (Fsp3) is 0.269. The first-order chi connectivity index (χ1) is 15.6. The number of para-hydroxylation sites is 3. The molecule has 0 aliphatic rings. The lowest BCUT2D eigenvalue weighted by molar-refractivity contribution is -0.114. The number of anilines is 2. The number of hydrogen-bond acceptors (Lipinski definition) is 5. The Balaban J connectivity index is 1.46. The first-order valence-electron chi connectivity index (χ1n) is 10.8. The van der Waals surface area contributed by atoms with E-state index in [0.717, 1.165) is 17.2 Å². The fourth-order valence-corrected chi connectivity index (χ4v) is 2.86. The third-order valence-electron chi connectivity index (χ3n) is 4.38. The summed E-state index contributed by atoms with van der Waals surface area (Å²) >= 11 is 0. The van der Waals surface area contributed by atoms with Crippen molar-refractivity contribution in [2.24, 2.45) is 5.92 Å². The molecule has 0 fully saturated rings. The zero-order valence-corrected chi connectivity index (χ0v) is 18.5. The van der Waals surface area contributed by atoms with E-state index in [1.807, 2.05) is 78.9 Å². The van der Waals surface area contributed by atoms with Gasteiger partial charge in [0.25, 0.3) is 0 Å². The molecule has 0 aliphatic heterocycles. The van der Waals surface area contributed by atoms with Crippen molar-refractivity contribution in [3.63, 3.8) is 0 Å². The second kappa shape index (κ2) is 12.2. The van der Waals surface area contributed by atoms with Crippen LogP contribution < -0.4 is 24.8 Å². The number of nitrogens with one attached hydrogen (secondary N) is 2. The van der Waals surface area contributed by atoms with E-state index in [1.165, 1.54) is 0 Å². The zero-order chi connectivity index (χ0) is 22.6. The van der Waals surface area contributed by atoms with Gasteiger partial charge in [0.15, 0.2) is 0 Å². The normalized spacial score (nSPS) is 10.5. The minimum Gasteiger partial charge on any atom is -0.493 e. The van der Waals surface area contributed by atoms with E-state index in [2.05, 4.69) is 24.5 Å². The predicted octanol–water partition coefficient (Wildman–Crippen LogP) is 5.23. The summed E-state index contributed by atoms with van der Waals surface area (Å²) in [6.07, 6.45) is 0. The SMILES string of the molecule is CC(C)COc1cccc(NCC(=O)Nc2ccccc2OCCOc2ccccc2)c1. The molecule has 168 valence electrons. The Morgan fingerprint density at radius 2 is 1.53 bits per heavy atom. The van der Waals surface area contributed by atoms with E-state index in [1.54, 1.807) is 0 Å². The molecule has 3 rings (SSSR count). The Morgan fingerprint density at radius 1 is 0.812 bits per heavy atom. The van der Waals surface area contributed by atoms with Gasteiger partial charge in [0, 0.05) is 11.8 Å². The second-order valence-corrected chi connectivity index (χ2v) is 7.64. The molecule has 0 radical (unpaired) electrons. The van der Waals surface area contributed by atoms with Gasteiger partial charge in [-0.05, 0) is 42.3 Å². The molecule has 0 spiro atoms. The predicted molar refractivity (Wildman–Crippen MR) is 128 cm³/mol. The number of amides is 1. The van der Waals surface area contributed by atoms with Crippen LogP contribution in [0.15, 0.2) is 78.9 Å². The smallest absolute Gasteiger partial charge is 0.243 e. The molecule has 3 aromatic carbocycles. The Morgan fingerprint density at radius 3 is 2.34 bits per heavy atom. The van der Waals surface area contributed by atoms with Crippen LogP contribution in [-0.4, -0.2) is 32.3 Å². The van der Waals surface area contributed by atoms with Crippen LogP contribution in [0.5, 0.6) is 17.2 Å². The van der Waals surface area contributed by atoms with E-state index in [0.29, 0.717) is 37.2 Å². The van der Waals surface area contributed by atoms with Crippen molar-refractivity contribution in [1.82, 2.24) is 0 Å². The van der Waals surface area contributed by atoms with Gasteiger partial charge in [0.1, 0.15) is 30.5 Å². The summed E-state index contributed by atoms with van der Waals surface area (Å²) < 4.78 is 17.2. The van der Waals surface area contributed by atoms with Crippen LogP contribution in [0.4, 0.5) is 11.4 Å². The van der Waals surface area contributed by atoms with Crippen LogP contribution in [-0.2, 0) is 4.79 Å². The lowest BCUT2D eigenvalue weighted by Crippen LogP contribution is -2.22. The van der Waals surface area contributed by atoms with Gasteiger partial charge in [-0.1, -0.05) is 50.2 Å². The summed E-state index contributed by atoms with van der Waals surface area (Å²) in [5.74, 6) is 2.45. The van der Waals surface area contributed by atoms with E-state index in [-0.39, 0.29) is 12.5 Å². The summed E-state index contributed by atoms with van der Waals surface area (Å²) in [5.41, 5.74) is 1.44. The zero-order valence-electron chi connectivity index (χ0n) is 18.5. The molecule has 32 heavy (non-hydrogen) atoms. The van der Waals surface area contributed by atoms with Crippen LogP contribution in [0.3, 0.4) is 0 Å². The highest BCUT2D eigenvalue weighted by Gasteiger charge is 2.08. The van der Waals surface area contributed by atoms with E-state index < -0.39 is 0 Å². The van der Waals surface area contributed by atoms with Crippen LogP contribution in [0.2, 0.25) is 0 Å². The van der Waals surface area contributed by atoms with Gasteiger partial charge < -0.3 is 24.8 Å². The second-order valence-electron chi connectivity index (χ2n) is 7.64. The van der Waals surface area contributed by atoms with E-state index in [9.17, 15) is 4.79 Å². The molecule has 1 amide bonds. The number of rotatable bonds is 12.